The fourth-order valence-electron chi connectivity index (χ4n) is 3.12. The van der Waals surface area contributed by atoms with E-state index >= 15 is 0 Å². The molecule has 0 radical (unpaired) electrons. The second-order valence-corrected chi connectivity index (χ2v) is 7.74. The van der Waals surface area contributed by atoms with E-state index in [1.54, 1.807) is 0 Å². The first kappa shape index (κ1) is 28.1. The van der Waals surface area contributed by atoms with E-state index in [9.17, 15) is 43.5 Å². The molecule has 1 fully saturated rings. The van der Waals surface area contributed by atoms with Crippen LogP contribution in [0.25, 0.3) is 0 Å². The van der Waals surface area contributed by atoms with Crippen molar-refractivity contribution in [2.75, 3.05) is 19.6 Å². The molecular weight excluding hydrogens is 484 g/mol. The largest absolute Gasteiger partial charge is 0.376 e. The number of nitrogens with zero attached hydrogens (tertiary/aromatic N) is 2. The number of carbonyl (C=O) groups excluding carboxylic acids is 8. The van der Waals surface area contributed by atoms with Gasteiger partial charge in [0.05, 0.1) is 25.6 Å². The van der Waals surface area contributed by atoms with Gasteiger partial charge in [-0.05, 0) is 6.42 Å². The summed E-state index contributed by atoms with van der Waals surface area (Å²) in [6.07, 6.45) is -0.660. The van der Waals surface area contributed by atoms with Crippen molar-refractivity contribution in [1.29, 1.82) is 0 Å². The zero-order valence-electron chi connectivity index (χ0n) is 19.1. The number of nitrogens with one attached hydrogen (secondary N) is 3. The second kappa shape index (κ2) is 13.1. The molecule has 2 aliphatic rings. The van der Waals surface area contributed by atoms with Crippen LogP contribution in [-0.4, -0.2) is 94.3 Å². The average molecular weight is 510 g/mol. The van der Waals surface area contributed by atoms with Crippen molar-refractivity contribution in [2.45, 2.75) is 44.4 Å². The Morgan fingerprint density at radius 3 is 2.17 bits per heavy atom. The summed E-state index contributed by atoms with van der Waals surface area (Å²) in [5.74, 6) is -5.67. The molecule has 0 aromatic rings. The van der Waals surface area contributed by atoms with E-state index in [0.29, 0.717) is 5.06 Å². The van der Waals surface area contributed by atoms with E-state index in [0.717, 1.165) is 17.1 Å². The lowest BCUT2D eigenvalue weighted by Gasteiger charge is -2.25. The molecule has 0 saturated carbocycles. The molecule has 0 bridgehead atoms. The van der Waals surface area contributed by atoms with Crippen LogP contribution in [0.15, 0.2) is 12.2 Å². The molecule has 2 rings (SSSR count). The van der Waals surface area contributed by atoms with Gasteiger partial charge in [-0.2, -0.15) is 0 Å². The molecule has 2 atom stereocenters. The van der Waals surface area contributed by atoms with Crippen LogP contribution in [0.4, 0.5) is 0 Å². The van der Waals surface area contributed by atoms with Crippen molar-refractivity contribution in [3.05, 3.63) is 12.2 Å². The third-order valence-electron chi connectivity index (χ3n) is 4.98. The van der Waals surface area contributed by atoms with Crippen LogP contribution < -0.4 is 21.7 Å². The Morgan fingerprint density at radius 2 is 1.58 bits per heavy atom. The minimum absolute atomic E-state index is 0.0945. The molecule has 1 saturated heterocycles. The van der Waals surface area contributed by atoms with Crippen molar-refractivity contribution in [3.8, 4) is 0 Å². The zero-order chi connectivity index (χ0) is 26.8. The number of aliphatic hydroxyl groups is 1. The maximum atomic E-state index is 12.4. The molecule has 0 aliphatic carbocycles. The van der Waals surface area contributed by atoms with Crippen molar-refractivity contribution >= 4 is 47.3 Å². The van der Waals surface area contributed by atoms with E-state index in [1.165, 1.54) is 0 Å². The van der Waals surface area contributed by atoms with Crippen molar-refractivity contribution in [2.24, 2.45) is 5.73 Å². The SMILES string of the molecule is NC(=O)CNC(=O)CN[C@H](O)C(CCC(=O)ON1C(=O)CCC1=O)NC(=O)CCN1C(=O)C=CC1=O. The highest BCUT2D eigenvalue weighted by Crippen LogP contribution is 2.14. The molecule has 1 unspecified atom stereocenters. The smallest absolute Gasteiger partial charge is 0.333 e. The van der Waals surface area contributed by atoms with Gasteiger partial charge in [-0.3, -0.25) is 43.8 Å². The van der Waals surface area contributed by atoms with Gasteiger partial charge >= 0.3 is 5.97 Å². The molecule has 0 aromatic heterocycles. The van der Waals surface area contributed by atoms with E-state index in [1.807, 2.05) is 0 Å². The Labute approximate surface area is 204 Å². The quantitative estimate of drug-likeness (QED) is 0.111. The Hall–Kier alpha value is -4.18. The summed E-state index contributed by atoms with van der Waals surface area (Å²) in [5.41, 5.74) is 4.92. The number of aliphatic hydroxyl groups excluding tert-OH is 1. The van der Waals surface area contributed by atoms with Crippen molar-refractivity contribution in [3.63, 3.8) is 0 Å². The number of primary amides is 1. The normalized spacial score (nSPS) is 16.8. The Morgan fingerprint density at radius 1 is 0.972 bits per heavy atom. The number of nitrogens with two attached hydrogens (primary N) is 1. The topological polar surface area (TPSA) is 235 Å². The summed E-state index contributed by atoms with van der Waals surface area (Å²) in [4.78, 5) is 98.9. The molecule has 196 valence electrons. The van der Waals surface area contributed by atoms with Crippen LogP contribution in [0.2, 0.25) is 0 Å². The Bertz CT molecular complexity index is 946. The Balaban J connectivity index is 1.92. The van der Waals surface area contributed by atoms with Crippen molar-refractivity contribution < 1.29 is 48.3 Å². The van der Waals surface area contributed by atoms with Gasteiger partial charge in [-0.15, -0.1) is 5.06 Å². The van der Waals surface area contributed by atoms with Gasteiger partial charge in [0, 0.05) is 38.0 Å². The van der Waals surface area contributed by atoms with Crippen LogP contribution >= 0.6 is 0 Å². The van der Waals surface area contributed by atoms with Gasteiger partial charge in [-0.25, -0.2) is 4.79 Å². The summed E-state index contributed by atoms with van der Waals surface area (Å²) in [5, 5.41) is 17.8. The molecule has 2 aliphatic heterocycles. The van der Waals surface area contributed by atoms with Crippen LogP contribution in [0.3, 0.4) is 0 Å². The van der Waals surface area contributed by atoms with E-state index in [-0.39, 0.29) is 32.2 Å². The lowest BCUT2D eigenvalue weighted by atomic mass is 10.1. The average Bonchev–Trinajstić information content (AvgIpc) is 3.31. The minimum atomic E-state index is -1.58. The van der Waals surface area contributed by atoms with E-state index in [4.69, 9.17) is 10.6 Å². The molecular formula is C20H26N6O10. The predicted molar refractivity (Wildman–Crippen MR) is 115 cm³/mol. The maximum absolute atomic E-state index is 12.4. The summed E-state index contributed by atoms with van der Waals surface area (Å²) < 4.78 is 0. The van der Waals surface area contributed by atoms with E-state index in [2.05, 4.69) is 16.0 Å². The van der Waals surface area contributed by atoms with Gasteiger partial charge in [0.25, 0.3) is 23.6 Å². The molecule has 7 amide bonds. The van der Waals surface area contributed by atoms with Gasteiger partial charge in [0.1, 0.15) is 6.23 Å². The molecule has 16 heteroatoms. The molecule has 6 N–H and O–H groups in total. The lowest BCUT2D eigenvalue weighted by molar-refractivity contribution is -0.197. The molecule has 16 nitrogen and oxygen atoms in total. The summed E-state index contributed by atoms with van der Waals surface area (Å²) >= 11 is 0. The monoisotopic (exact) mass is 510 g/mol. The van der Waals surface area contributed by atoms with Gasteiger partial charge in [-0.1, -0.05) is 0 Å². The minimum Gasteiger partial charge on any atom is -0.376 e. The highest BCUT2D eigenvalue weighted by Gasteiger charge is 2.33. The fraction of sp³-hybridized carbons (Fsp3) is 0.500. The van der Waals surface area contributed by atoms with Crippen LogP contribution in [0, 0.1) is 0 Å². The number of hydrogen-bond donors (Lipinski definition) is 5. The summed E-state index contributed by atoms with van der Waals surface area (Å²) in [7, 11) is 0. The first-order valence-corrected chi connectivity index (χ1v) is 10.8. The third kappa shape index (κ3) is 8.55. The highest BCUT2D eigenvalue weighted by molar-refractivity contribution is 6.13. The van der Waals surface area contributed by atoms with Crippen LogP contribution in [0.5, 0.6) is 0 Å². The lowest BCUT2D eigenvalue weighted by Crippen LogP contribution is -2.53. The van der Waals surface area contributed by atoms with Gasteiger partial charge in [0.2, 0.25) is 17.7 Å². The van der Waals surface area contributed by atoms with E-state index < -0.39 is 79.1 Å². The number of carbonyl (C=O) groups is 8. The molecule has 0 spiro atoms. The number of rotatable bonds is 14. The first-order valence-electron chi connectivity index (χ1n) is 10.8. The summed E-state index contributed by atoms with van der Waals surface area (Å²) in [6, 6.07) is -1.18. The number of hydrogen-bond acceptors (Lipinski definition) is 11. The highest BCUT2D eigenvalue weighted by atomic mass is 16.7. The number of hydroxylamine groups is 2. The Kier molecular flexibility index (Phi) is 10.2. The molecule has 2 heterocycles. The number of imide groups is 2. The molecule has 0 aromatic carbocycles. The standard InChI is InChI=1S/C20H26N6O10/c21-12(27)9-22-14(29)10-23-20(35)11(1-6-19(34)36-26-17(32)4-5-18(26)33)24-13(28)7-8-25-15(30)2-3-16(25)31/h2-3,11,20,23,35H,1,4-10H2,(H2,21,27)(H,22,29)(H,24,28)/t11?,20-/m1/s1. The summed E-state index contributed by atoms with van der Waals surface area (Å²) in [6.45, 7) is -1.15. The number of amides is 7. The van der Waals surface area contributed by atoms with Gasteiger partial charge in [0.15, 0.2) is 0 Å². The van der Waals surface area contributed by atoms with Gasteiger partial charge < -0.3 is 26.3 Å². The predicted octanol–water partition coefficient (Wildman–Crippen LogP) is -4.32. The fourth-order valence-corrected chi connectivity index (χ4v) is 3.12. The first-order chi connectivity index (χ1) is 17.0. The van der Waals surface area contributed by atoms with Crippen LogP contribution in [-0.2, 0) is 43.2 Å². The third-order valence-corrected chi connectivity index (χ3v) is 4.98. The van der Waals surface area contributed by atoms with Crippen molar-refractivity contribution in [1.82, 2.24) is 25.9 Å². The zero-order valence-corrected chi connectivity index (χ0v) is 19.1. The second-order valence-electron chi connectivity index (χ2n) is 7.74. The van der Waals surface area contributed by atoms with Crippen LogP contribution in [0.1, 0.15) is 32.1 Å². The maximum Gasteiger partial charge on any atom is 0.333 e. The molecule has 36 heavy (non-hydrogen) atoms.